The summed E-state index contributed by atoms with van der Waals surface area (Å²) in [5, 5.41) is 0. The number of carbonyl (C=O) groups is 2. The first-order chi connectivity index (χ1) is 9.70. The molecular weight excluding hydrogens is 258 g/mol. The lowest BCUT2D eigenvalue weighted by atomic mass is 10.0. The monoisotopic (exact) mass is 277 g/mol. The van der Waals surface area contributed by atoms with E-state index in [1.165, 1.54) is 7.11 Å². The fourth-order valence-electron chi connectivity index (χ4n) is 2.98. The van der Waals surface area contributed by atoms with Crippen molar-refractivity contribution in [3.8, 4) is 0 Å². The molecule has 0 spiro atoms. The van der Waals surface area contributed by atoms with Gasteiger partial charge in [-0.25, -0.2) is 4.98 Å². The van der Waals surface area contributed by atoms with Crippen molar-refractivity contribution in [2.45, 2.75) is 25.3 Å². The number of hydrogen-bond acceptors (Lipinski definition) is 4. The minimum Gasteiger partial charge on any atom is -0.469 e. The molecule has 1 aliphatic heterocycles. The number of rotatable bonds is 3. The Bertz CT molecular complexity index is 492. The number of esters is 1. The van der Waals surface area contributed by atoms with Crippen molar-refractivity contribution >= 4 is 11.9 Å². The molecule has 1 amide bonds. The fourth-order valence-corrected chi connectivity index (χ4v) is 2.98. The molecule has 2 aliphatic rings. The van der Waals surface area contributed by atoms with Crippen LogP contribution in [0.4, 0.5) is 0 Å². The summed E-state index contributed by atoms with van der Waals surface area (Å²) in [7, 11) is 1.37. The van der Waals surface area contributed by atoms with Gasteiger partial charge in [-0.2, -0.15) is 0 Å². The molecule has 3 rings (SSSR count). The number of ether oxygens (including phenoxy) is 1. The maximum absolute atomic E-state index is 12.3. The van der Waals surface area contributed by atoms with Gasteiger partial charge in [0.2, 0.25) is 5.91 Å². The summed E-state index contributed by atoms with van der Waals surface area (Å²) in [6.07, 6.45) is 8.11. The molecule has 0 bridgehead atoms. The van der Waals surface area contributed by atoms with E-state index in [4.69, 9.17) is 0 Å². The number of likely N-dealkylation sites (tertiary alicyclic amines) is 1. The average Bonchev–Trinajstić information content (AvgIpc) is 3.10. The van der Waals surface area contributed by atoms with Crippen molar-refractivity contribution in [2.75, 3.05) is 20.2 Å². The largest absolute Gasteiger partial charge is 0.469 e. The second-order valence-corrected chi connectivity index (χ2v) is 5.54. The van der Waals surface area contributed by atoms with Gasteiger partial charge in [-0.15, -0.1) is 0 Å². The first-order valence-corrected chi connectivity index (χ1v) is 7.04. The zero-order chi connectivity index (χ0) is 14.1. The number of nitrogens with zero attached hydrogens (tertiary/aromatic N) is 3. The van der Waals surface area contributed by atoms with Gasteiger partial charge in [0.25, 0.3) is 0 Å². The van der Waals surface area contributed by atoms with E-state index in [-0.39, 0.29) is 23.7 Å². The Labute approximate surface area is 117 Å². The smallest absolute Gasteiger partial charge is 0.309 e. The summed E-state index contributed by atoms with van der Waals surface area (Å²) in [5.74, 6) is -0.493. The number of methoxy groups -OCH3 is 1. The molecule has 1 aromatic rings. The highest BCUT2D eigenvalue weighted by Gasteiger charge is 2.50. The Morgan fingerprint density at radius 2 is 2.00 bits per heavy atom. The number of amides is 1. The van der Waals surface area contributed by atoms with Crippen LogP contribution in [0.25, 0.3) is 0 Å². The predicted molar refractivity (Wildman–Crippen MR) is 70.7 cm³/mol. The van der Waals surface area contributed by atoms with Gasteiger partial charge >= 0.3 is 5.97 Å². The molecule has 0 radical (unpaired) electrons. The Hall–Kier alpha value is -1.85. The maximum atomic E-state index is 12.3. The summed E-state index contributed by atoms with van der Waals surface area (Å²) < 4.78 is 6.80. The van der Waals surface area contributed by atoms with Crippen LogP contribution in [-0.2, 0) is 14.3 Å². The van der Waals surface area contributed by atoms with Crippen LogP contribution in [0.2, 0.25) is 0 Å². The summed E-state index contributed by atoms with van der Waals surface area (Å²) in [6.45, 7) is 1.51. The Balaban J connectivity index is 1.51. The van der Waals surface area contributed by atoms with Crippen LogP contribution < -0.4 is 0 Å². The van der Waals surface area contributed by atoms with Gasteiger partial charge in [0.05, 0.1) is 25.3 Å². The molecule has 1 aliphatic carbocycles. The van der Waals surface area contributed by atoms with E-state index in [0.717, 1.165) is 25.9 Å². The van der Waals surface area contributed by atoms with Gasteiger partial charge in [-0.3, -0.25) is 9.59 Å². The second kappa shape index (κ2) is 5.26. The first-order valence-electron chi connectivity index (χ1n) is 7.04. The predicted octanol–water partition coefficient (Wildman–Crippen LogP) is 0.856. The Morgan fingerprint density at radius 1 is 1.25 bits per heavy atom. The van der Waals surface area contributed by atoms with E-state index < -0.39 is 0 Å². The molecule has 2 atom stereocenters. The lowest BCUT2D eigenvalue weighted by molar-refractivity contribution is -0.145. The van der Waals surface area contributed by atoms with Crippen molar-refractivity contribution in [2.24, 2.45) is 11.8 Å². The van der Waals surface area contributed by atoms with E-state index in [2.05, 4.69) is 14.3 Å². The zero-order valence-corrected chi connectivity index (χ0v) is 11.6. The van der Waals surface area contributed by atoms with E-state index in [9.17, 15) is 9.59 Å². The molecule has 1 saturated heterocycles. The minimum absolute atomic E-state index is 0.115. The third-order valence-electron chi connectivity index (χ3n) is 4.33. The molecular formula is C14H19N3O3. The van der Waals surface area contributed by atoms with Crippen LogP contribution in [0.1, 0.15) is 25.3 Å². The van der Waals surface area contributed by atoms with Crippen LogP contribution >= 0.6 is 0 Å². The van der Waals surface area contributed by atoms with Crippen LogP contribution in [0.3, 0.4) is 0 Å². The van der Waals surface area contributed by atoms with E-state index >= 15 is 0 Å². The van der Waals surface area contributed by atoms with Crippen molar-refractivity contribution in [3.63, 3.8) is 0 Å². The highest BCUT2D eigenvalue weighted by Crippen LogP contribution is 2.41. The van der Waals surface area contributed by atoms with Crippen LogP contribution in [0.15, 0.2) is 18.7 Å². The molecule has 6 heteroatoms. The molecule has 0 N–H and O–H groups in total. The molecule has 0 aromatic carbocycles. The molecule has 2 heterocycles. The third-order valence-corrected chi connectivity index (χ3v) is 4.33. The normalized spacial score (nSPS) is 26.4. The number of aromatic nitrogens is 2. The van der Waals surface area contributed by atoms with Gasteiger partial charge in [-0.05, 0) is 19.3 Å². The zero-order valence-electron chi connectivity index (χ0n) is 11.6. The minimum atomic E-state index is -0.253. The summed E-state index contributed by atoms with van der Waals surface area (Å²) in [6, 6.07) is 0.428. The molecule has 6 nitrogen and oxygen atoms in total. The van der Waals surface area contributed by atoms with Crippen LogP contribution in [-0.4, -0.2) is 46.5 Å². The van der Waals surface area contributed by atoms with Crippen molar-refractivity contribution in [1.29, 1.82) is 0 Å². The maximum Gasteiger partial charge on any atom is 0.309 e. The molecule has 1 aromatic heterocycles. The number of imidazole rings is 1. The van der Waals surface area contributed by atoms with Crippen molar-refractivity contribution in [1.82, 2.24) is 14.5 Å². The molecule has 108 valence electrons. The number of hydrogen-bond donors (Lipinski definition) is 0. The standard InChI is InChI=1S/C14H19N3O3/c1-20-14(19)12-8-11(12)13(18)16-5-2-10(3-6-16)17-7-4-15-9-17/h4,7,9-12H,2-3,5-6,8H2,1H3/t11-,12+/m1/s1. The highest BCUT2D eigenvalue weighted by atomic mass is 16.5. The third kappa shape index (κ3) is 2.42. The highest BCUT2D eigenvalue weighted by molar-refractivity contribution is 5.90. The SMILES string of the molecule is COC(=O)[C@H]1C[C@H]1C(=O)N1CCC(n2ccnc2)CC1. The average molecular weight is 277 g/mol. The summed E-state index contributed by atoms with van der Waals surface area (Å²) >= 11 is 0. The van der Waals surface area contributed by atoms with Gasteiger partial charge in [-0.1, -0.05) is 0 Å². The molecule has 20 heavy (non-hydrogen) atoms. The summed E-state index contributed by atoms with van der Waals surface area (Å²) in [4.78, 5) is 29.6. The topological polar surface area (TPSA) is 64.4 Å². The molecule has 0 unspecified atom stereocenters. The lowest BCUT2D eigenvalue weighted by Crippen LogP contribution is -2.40. The van der Waals surface area contributed by atoms with Gasteiger partial charge in [0.15, 0.2) is 0 Å². The van der Waals surface area contributed by atoms with E-state index in [0.29, 0.717) is 12.5 Å². The van der Waals surface area contributed by atoms with Crippen LogP contribution in [0, 0.1) is 11.8 Å². The van der Waals surface area contributed by atoms with E-state index in [1.54, 1.807) is 6.20 Å². The van der Waals surface area contributed by atoms with Gasteiger partial charge < -0.3 is 14.2 Å². The fraction of sp³-hybridized carbons (Fsp3) is 0.643. The van der Waals surface area contributed by atoms with Gasteiger partial charge in [0.1, 0.15) is 0 Å². The first kappa shape index (κ1) is 13.1. The van der Waals surface area contributed by atoms with Crippen molar-refractivity contribution < 1.29 is 14.3 Å². The Kier molecular flexibility index (Phi) is 3.46. The number of piperidine rings is 1. The number of carbonyl (C=O) groups excluding carboxylic acids is 2. The second-order valence-electron chi connectivity index (χ2n) is 5.54. The quantitative estimate of drug-likeness (QED) is 0.769. The van der Waals surface area contributed by atoms with E-state index in [1.807, 2.05) is 17.4 Å². The molecule has 1 saturated carbocycles. The lowest BCUT2D eigenvalue weighted by Gasteiger charge is -2.32. The molecule has 2 fully saturated rings. The van der Waals surface area contributed by atoms with Crippen molar-refractivity contribution in [3.05, 3.63) is 18.7 Å². The Morgan fingerprint density at radius 3 is 2.60 bits per heavy atom. The summed E-state index contributed by atoms with van der Waals surface area (Å²) in [5.41, 5.74) is 0. The van der Waals surface area contributed by atoms with Crippen LogP contribution in [0.5, 0.6) is 0 Å². The van der Waals surface area contributed by atoms with Gasteiger partial charge in [0, 0.05) is 31.5 Å².